The van der Waals surface area contributed by atoms with Gasteiger partial charge in [0.15, 0.2) is 0 Å². The van der Waals surface area contributed by atoms with Crippen LogP contribution >= 0.6 is 39.1 Å². The van der Waals surface area contributed by atoms with E-state index in [1.54, 1.807) is 0 Å². The second-order valence-electron chi connectivity index (χ2n) is 3.90. The van der Waals surface area contributed by atoms with E-state index in [0.29, 0.717) is 16.6 Å². The van der Waals surface area contributed by atoms with Crippen molar-refractivity contribution in [2.45, 2.75) is 13.1 Å². The van der Waals surface area contributed by atoms with E-state index in [1.807, 2.05) is 36.4 Å². The summed E-state index contributed by atoms with van der Waals surface area (Å²) < 4.78 is 1.10. The maximum absolute atomic E-state index is 6.11. The van der Waals surface area contributed by atoms with Gasteiger partial charge in [-0.3, -0.25) is 0 Å². The van der Waals surface area contributed by atoms with Gasteiger partial charge in [0.05, 0.1) is 0 Å². The van der Waals surface area contributed by atoms with E-state index >= 15 is 0 Å². The number of halogens is 3. The van der Waals surface area contributed by atoms with Crippen LogP contribution in [0.5, 0.6) is 0 Å². The molecule has 2 rings (SSSR count). The van der Waals surface area contributed by atoms with Crippen LogP contribution in [-0.4, -0.2) is 0 Å². The predicted molar refractivity (Wildman–Crippen MR) is 81.1 cm³/mol. The Balaban J connectivity index is 1.99. The number of hydrogen-bond donors (Lipinski definition) is 1. The van der Waals surface area contributed by atoms with Crippen molar-refractivity contribution in [1.82, 2.24) is 5.32 Å². The van der Waals surface area contributed by atoms with Gasteiger partial charge in [-0.25, -0.2) is 0 Å². The Morgan fingerprint density at radius 2 is 1.56 bits per heavy atom. The Labute approximate surface area is 125 Å². The minimum absolute atomic E-state index is 0.653. The molecule has 0 fully saturated rings. The summed E-state index contributed by atoms with van der Waals surface area (Å²) in [6, 6.07) is 13.7. The molecule has 0 aliphatic heterocycles. The van der Waals surface area contributed by atoms with Gasteiger partial charge in [0.1, 0.15) is 0 Å². The maximum Gasteiger partial charge on any atom is 0.0465 e. The summed E-state index contributed by atoms with van der Waals surface area (Å²) in [6.45, 7) is 1.42. The van der Waals surface area contributed by atoms with Crippen LogP contribution in [0.1, 0.15) is 11.1 Å². The van der Waals surface area contributed by atoms with E-state index in [4.69, 9.17) is 23.2 Å². The molecule has 4 heteroatoms. The van der Waals surface area contributed by atoms with E-state index in [-0.39, 0.29) is 0 Å². The van der Waals surface area contributed by atoms with Crippen LogP contribution in [-0.2, 0) is 13.1 Å². The largest absolute Gasteiger partial charge is 0.308 e. The molecule has 1 N–H and O–H groups in total. The number of rotatable bonds is 4. The summed E-state index contributed by atoms with van der Waals surface area (Å²) in [7, 11) is 0. The summed E-state index contributed by atoms with van der Waals surface area (Å²) in [5, 5.41) is 4.73. The highest BCUT2D eigenvalue weighted by Crippen LogP contribution is 2.24. The van der Waals surface area contributed by atoms with Gasteiger partial charge in [0, 0.05) is 33.2 Å². The fourth-order valence-corrected chi connectivity index (χ4v) is 2.62. The fraction of sp³-hybridized carbons (Fsp3) is 0.143. The zero-order chi connectivity index (χ0) is 13.0. The molecule has 0 aromatic heterocycles. The van der Waals surface area contributed by atoms with Gasteiger partial charge in [0.2, 0.25) is 0 Å². The first kappa shape index (κ1) is 13.9. The third-order valence-electron chi connectivity index (χ3n) is 2.64. The molecule has 0 aliphatic rings. The molecule has 0 amide bonds. The third-order valence-corrected chi connectivity index (χ3v) is 4.12. The Hall–Kier alpha value is -0.540. The summed E-state index contributed by atoms with van der Waals surface area (Å²) in [6.07, 6.45) is 0. The predicted octanol–water partition coefficient (Wildman–Crippen LogP) is 5.05. The first-order valence-corrected chi connectivity index (χ1v) is 7.10. The lowest BCUT2D eigenvalue weighted by Gasteiger charge is -2.09. The highest BCUT2D eigenvalue weighted by Gasteiger charge is 2.05. The molecule has 0 saturated carbocycles. The van der Waals surface area contributed by atoms with Crippen molar-refractivity contribution in [3.63, 3.8) is 0 Å². The molecule has 18 heavy (non-hydrogen) atoms. The number of nitrogens with one attached hydrogen (secondary N) is 1. The van der Waals surface area contributed by atoms with Crippen molar-refractivity contribution >= 4 is 39.1 Å². The lowest BCUT2D eigenvalue weighted by Crippen LogP contribution is -2.13. The Kier molecular flexibility index (Phi) is 5.07. The Morgan fingerprint density at radius 3 is 2.22 bits per heavy atom. The SMILES string of the molecule is Clc1cccc(Cl)c1CNCc1ccccc1Br. The molecule has 0 radical (unpaired) electrons. The molecule has 0 heterocycles. The van der Waals surface area contributed by atoms with Crippen LogP contribution in [0.25, 0.3) is 0 Å². The molecule has 0 unspecified atom stereocenters. The van der Waals surface area contributed by atoms with Crippen molar-refractivity contribution < 1.29 is 0 Å². The second-order valence-corrected chi connectivity index (χ2v) is 5.56. The quantitative estimate of drug-likeness (QED) is 0.818. The van der Waals surface area contributed by atoms with Crippen molar-refractivity contribution in [3.05, 3.63) is 68.1 Å². The normalized spacial score (nSPS) is 10.6. The average molecular weight is 345 g/mol. The highest BCUT2D eigenvalue weighted by molar-refractivity contribution is 9.10. The zero-order valence-electron chi connectivity index (χ0n) is 9.59. The highest BCUT2D eigenvalue weighted by atomic mass is 79.9. The molecule has 2 aromatic carbocycles. The van der Waals surface area contributed by atoms with E-state index in [0.717, 1.165) is 16.6 Å². The minimum Gasteiger partial charge on any atom is -0.308 e. The van der Waals surface area contributed by atoms with Crippen LogP contribution in [0.2, 0.25) is 10.0 Å². The third kappa shape index (κ3) is 3.48. The van der Waals surface area contributed by atoms with E-state index in [9.17, 15) is 0 Å². The second kappa shape index (κ2) is 6.58. The molecular weight excluding hydrogens is 333 g/mol. The first-order chi connectivity index (χ1) is 8.68. The van der Waals surface area contributed by atoms with Crippen LogP contribution in [0.15, 0.2) is 46.9 Å². The Morgan fingerprint density at radius 1 is 0.889 bits per heavy atom. The van der Waals surface area contributed by atoms with Crippen LogP contribution < -0.4 is 5.32 Å². The van der Waals surface area contributed by atoms with Gasteiger partial charge >= 0.3 is 0 Å². The number of benzene rings is 2. The van der Waals surface area contributed by atoms with Gasteiger partial charge in [-0.05, 0) is 23.8 Å². The van der Waals surface area contributed by atoms with Crippen molar-refractivity contribution in [2.24, 2.45) is 0 Å². The standard InChI is InChI=1S/C14H12BrCl2N/c15-12-5-2-1-4-10(12)8-18-9-11-13(16)6-3-7-14(11)17/h1-7,18H,8-9H2. The summed E-state index contributed by atoms with van der Waals surface area (Å²) in [5.41, 5.74) is 2.15. The lowest BCUT2D eigenvalue weighted by molar-refractivity contribution is 0.692. The summed E-state index contributed by atoms with van der Waals surface area (Å²) in [4.78, 5) is 0. The van der Waals surface area contributed by atoms with E-state index in [2.05, 4.69) is 27.3 Å². The number of hydrogen-bond acceptors (Lipinski definition) is 1. The van der Waals surface area contributed by atoms with Gasteiger partial charge in [0.25, 0.3) is 0 Å². The molecule has 1 nitrogen and oxygen atoms in total. The van der Waals surface area contributed by atoms with Gasteiger partial charge in [-0.15, -0.1) is 0 Å². The zero-order valence-corrected chi connectivity index (χ0v) is 12.7. The molecule has 0 saturated heterocycles. The molecule has 0 atom stereocenters. The van der Waals surface area contributed by atoms with Crippen LogP contribution in [0.3, 0.4) is 0 Å². The smallest absolute Gasteiger partial charge is 0.0465 e. The molecular formula is C14H12BrCl2N. The molecule has 0 aliphatic carbocycles. The van der Waals surface area contributed by atoms with Crippen molar-refractivity contribution in [2.75, 3.05) is 0 Å². The molecule has 2 aromatic rings. The topological polar surface area (TPSA) is 12.0 Å². The van der Waals surface area contributed by atoms with Gasteiger partial charge in [-0.2, -0.15) is 0 Å². The Bertz CT molecular complexity index is 523. The van der Waals surface area contributed by atoms with E-state index < -0.39 is 0 Å². The van der Waals surface area contributed by atoms with E-state index in [1.165, 1.54) is 5.56 Å². The van der Waals surface area contributed by atoms with Crippen LogP contribution in [0, 0.1) is 0 Å². The average Bonchev–Trinajstić information content (AvgIpc) is 2.35. The molecule has 0 spiro atoms. The monoisotopic (exact) mass is 343 g/mol. The van der Waals surface area contributed by atoms with Gasteiger partial charge < -0.3 is 5.32 Å². The van der Waals surface area contributed by atoms with Crippen LogP contribution in [0.4, 0.5) is 0 Å². The lowest BCUT2D eigenvalue weighted by atomic mass is 10.2. The summed E-state index contributed by atoms with van der Waals surface area (Å²) in [5.74, 6) is 0. The fourth-order valence-electron chi connectivity index (χ4n) is 1.67. The van der Waals surface area contributed by atoms with Gasteiger partial charge in [-0.1, -0.05) is 63.4 Å². The molecule has 0 bridgehead atoms. The summed E-state index contributed by atoms with van der Waals surface area (Å²) >= 11 is 15.7. The van der Waals surface area contributed by atoms with Crippen molar-refractivity contribution in [1.29, 1.82) is 0 Å². The maximum atomic E-state index is 6.11. The molecule has 94 valence electrons. The minimum atomic E-state index is 0.653. The first-order valence-electron chi connectivity index (χ1n) is 5.55. The van der Waals surface area contributed by atoms with Crippen molar-refractivity contribution in [3.8, 4) is 0 Å².